The molecule has 1 saturated carbocycles. The average molecular weight is 493 g/mol. The first-order chi connectivity index (χ1) is 16.9. The molecule has 0 spiro atoms. The van der Waals surface area contributed by atoms with E-state index in [1.54, 1.807) is 12.1 Å². The number of carbonyl (C=O) groups excluding carboxylic acids is 1. The van der Waals surface area contributed by atoms with E-state index in [1.807, 2.05) is 29.5 Å². The second kappa shape index (κ2) is 11.5. The van der Waals surface area contributed by atoms with E-state index in [1.165, 1.54) is 53.0 Å². The number of nitrogens with one attached hydrogen (secondary N) is 2. The van der Waals surface area contributed by atoms with Gasteiger partial charge in [0, 0.05) is 21.0 Å². The van der Waals surface area contributed by atoms with E-state index in [0.717, 1.165) is 5.69 Å². The lowest BCUT2D eigenvalue weighted by Gasteiger charge is -2.32. The van der Waals surface area contributed by atoms with Gasteiger partial charge in [0.25, 0.3) is 5.91 Å². The number of hydrogen-bond acceptors (Lipinski definition) is 5. The molecule has 6 nitrogen and oxygen atoms in total. The van der Waals surface area contributed by atoms with Gasteiger partial charge in [-0.15, -0.1) is 11.3 Å². The summed E-state index contributed by atoms with van der Waals surface area (Å²) in [5.41, 5.74) is 3.93. The van der Waals surface area contributed by atoms with Gasteiger partial charge in [-0.25, -0.2) is 4.79 Å². The molecular weight excluding hydrogens is 460 g/mol. The number of rotatable bonds is 9. The Balaban J connectivity index is 1.52. The van der Waals surface area contributed by atoms with Crippen LogP contribution in [0.25, 0.3) is 10.4 Å². The van der Waals surface area contributed by atoms with Crippen LogP contribution in [0, 0.1) is 12.8 Å². The summed E-state index contributed by atoms with van der Waals surface area (Å²) in [4.78, 5) is 25.7. The molecule has 4 rings (SSSR count). The van der Waals surface area contributed by atoms with E-state index in [0.29, 0.717) is 11.5 Å². The Morgan fingerprint density at radius 3 is 2.37 bits per heavy atom. The van der Waals surface area contributed by atoms with Gasteiger partial charge in [0.05, 0.1) is 12.6 Å². The first-order valence-corrected chi connectivity index (χ1v) is 13.0. The number of anilines is 1. The average Bonchev–Trinajstić information content (AvgIpc) is 3.28. The molecule has 1 aromatic heterocycles. The van der Waals surface area contributed by atoms with Crippen LogP contribution in [0.5, 0.6) is 0 Å². The van der Waals surface area contributed by atoms with Crippen LogP contribution >= 0.6 is 11.3 Å². The number of aliphatic hydroxyl groups is 1. The molecule has 0 aliphatic heterocycles. The Labute approximate surface area is 210 Å². The van der Waals surface area contributed by atoms with E-state index in [2.05, 4.69) is 47.9 Å². The fourth-order valence-corrected chi connectivity index (χ4v) is 5.82. The smallest absolute Gasteiger partial charge is 0.334 e. The molecule has 2 unspecified atom stereocenters. The molecule has 0 radical (unpaired) electrons. The molecule has 3 aromatic rings. The van der Waals surface area contributed by atoms with E-state index in [4.69, 9.17) is 5.11 Å². The van der Waals surface area contributed by atoms with Crippen LogP contribution < -0.4 is 10.6 Å². The summed E-state index contributed by atoms with van der Waals surface area (Å²) < 4.78 is 0. The van der Waals surface area contributed by atoms with Crippen molar-refractivity contribution in [2.45, 2.75) is 51.2 Å². The largest absolute Gasteiger partial charge is 0.479 e. The highest BCUT2D eigenvalue weighted by atomic mass is 32.1. The lowest BCUT2D eigenvalue weighted by molar-refractivity contribution is -0.146. The van der Waals surface area contributed by atoms with Gasteiger partial charge >= 0.3 is 5.97 Å². The first kappa shape index (κ1) is 24.9. The van der Waals surface area contributed by atoms with Crippen molar-refractivity contribution in [3.05, 3.63) is 76.7 Å². The number of hydrogen-bond donors (Lipinski definition) is 4. The number of carboxylic acid groups (broad SMARTS) is 1. The standard InChI is InChI=1S/C28H32N2O4S/c1-18-23(16-25(35-18)19-8-4-2-5-9-19)26(20-10-6-3-7-11-20)30-22-14-12-21(13-15-22)27(32)29-17-24(31)28(33)34/h2,4-5,8-9,12-16,20,24,26,30-31H,3,6-7,10-11,17H2,1H3,(H,29,32)(H,33,34). The van der Waals surface area contributed by atoms with E-state index < -0.39 is 18.0 Å². The number of thiophene rings is 1. The minimum absolute atomic E-state index is 0.189. The summed E-state index contributed by atoms with van der Waals surface area (Å²) in [5, 5.41) is 24.3. The normalized spacial score (nSPS) is 15.8. The topological polar surface area (TPSA) is 98.7 Å². The maximum absolute atomic E-state index is 12.3. The van der Waals surface area contributed by atoms with Crippen LogP contribution in [-0.2, 0) is 4.79 Å². The third-order valence-corrected chi connectivity index (χ3v) is 7.80. The molecule has 7 heteroatoms. The van der Waals surface area contributed by atoms with Gasteiger partial charge in [-0.05, 0) is 67.1 Å². The molecule has 35 heavy (non-hydrogen) atoms. The zero-order valence-electron chi connectivity index (χ0n) is 19.9. The number of carboxylic acids is 1. The molecule has 1 fully saturated rings. The van der Waals surface area contributed by atoms with Crippen molar-refractivity contribution in [1.29, 1.82) is 0 Å². The second-order valence-electron chi connectivity index (χ2n) is 9.15. The summed E-state index contributed by atoms with van der Waals surface area (Å²) >= 11 is 1.83. The Morgan fingerprint density at radius 1 is 1.03 bits per heavy atom. The summed E-state index contributed by atoms with van der Waals surface area (Å²) in [7, 11) is 0. The zero-order chi connectivity index (χ0) is 24.8. The summed E-state index contributed by atoms with van der Waals surface area (Å²) in [6.07, 6.45) is 4.56. The van der Waals surface area contributed by atoms with Gasteiger partial charge in [-0.2, -0.15) is 0 Å². The maximum Gasteiger partial charge on any atom is 0.334 e. The highest BCUT2D eigenvalue weighted by Crippen LogP contribution is 2.42. The SMILES string of the molecule is Cc1sc(-c2ccccc2)cc1C(Nc1ccc(C(=O)NCC(O)C(=O)O)cc1)C1CCCCC1. The number of aliphatic hydroxyl groups excluding tert-OH is 1. The predicted molar refractivity (Wildman–Crippen MR) is 140 cm³/mol. The molecule has 0 bridgehead atoms. The third kappa shape index (κ3) is 6.29. The van der Waals surface area contributed by atoms with Crippen LogP contribution in [0.3, 0.4) is 0 Å². The van der Waals surface area contributed by atoms with Gasteiger partial charge < -0.3 is 20.8 Å². The Hall–Kier alpha value is -3.16. The van der Waals surface area contributed by atoms with E-state index in [9.17, 15) is 14.7 Å². The molecule has 2 aromatic carbocycles. The van der Waals surface area contributed by atoms with Crippen molar-refractivity contribution in [3.8, 4) is 10.4 Å². The van der Waals surface area contributed by atoms with E-state index in [-0.39, 0.29) is 12.6 Å². The van der Waals surface area contributed by atoms with Crippen molar-refractivity contribution < 1.29 is 19.8 Å². The Kier molecular flexibility index (Phi) is 8.21. The lowest BCUT2D eigenvalue weighted by atomic mass is 9.81. The molecule has 2 atom stereocenters. The monoisotopic (exact) mass is 492 g/mol. The highest BCUT2D eigenvalue weighted by Gasteiger charge is 2.28. The molecule has 1 aliphatic carbocycles. The second-order valence-corrected chi connectivity index (χ2v) is 10.4. The van der Waals surface area contributed by atoms with Gasteiger partial charge in [-0.1, -0.05) is 49.6 Å². The molecule has 0 saturated heterocycles. The number of aryl methyl sites for hydroxylation is 1. The van der Waals surface area contributed by atoms with Crippen LogP contribution in [0.1, 0.15) is 58.9 Å². The van der Waals surface area contributed by atoms with Crippen molar-refractivity contribution >= 4 is 28.9 Å². The molecule has 4 N–H and O–H groups in total. The zero-order valence-corrected chi connectivity index (χ0v) is 20.7. The van der Waals surface area contributed by atoms with Crippen molar-refractivity contribution in [1.82, 2.24) is 5.32 Å². The van der Waals surface area contributed by atoms with Gasteiger partial charge in [0.2, 0.25) is 0 Å². The molecular formula is C28H32N2O4S. The summed E-state index contributed by atoms with van der Waals surface area (Å²) in [6.45, 7) is 1.86. The Bertz CT molecular complexity index is 1140. The highest BCUT2D eigenvalue weighted by molar-refractivity contribution is 7.15. The fourth-order valence-electron chi connectivity index (χ4n) is 4.74. The summed E-state index contributed by atoms with van der Waals surface area (Å²) in [5.74, 6) is -1.24. The number of benzene rings is 2. The van der Waals surface area contributed by atoms with Gasteiger partial charge in [-0.3, -0.25) is 4.79 Å². The van der Waals surface area contributed by atoms with Crippen molar-refractivity contribution in [3.63, 3.8) is 0 Å². The fraction of sp³-hybridized carbons (Fsp3) is 0.357. The number of amides is 1. The van der Waals surface area contributed by atoms with Crippen LogP contribution in [0.2, 0.25) is 0 Å². The minimum atomic E-state index is -1.62. The quantitative estimate of drug-likeness (QED) is 0.310. The van der Waals surface area contributed by atoms with Gasteiger partial charge in [0.1, 0.15) is 0 Å². The van der Waals surface area contributed by atoms with E-state index >= 15 is 0 Å². The molecule has 1 amide bonds. The predicted octanol–water partition coefficient (Wildman–Crippen LogP) is 5.63. The third-order valence-electron chi connectivity index (χ3n) is 6.68. The number of carbonyl (C=O) groups is 2. The van der Waals surface area contributed by atoms with Crippen molar-refractivity contribution in [2.75, 3.05) is 11.9 Å². The van der Waals surface area contributed by atoms with Crippen LogP contribution in [-0.4, -0.2) is 34.7 Å². The van der Waals surface area contributed by atoms with Crippen LogP contribution in [0.4, 0.5) is 5.69 Å². The van der Waals surface area contributed by atoms with Crippen molar-refractivity contribution in [2.24, 2.45) is 5.92 Å². The molecule has 1 heterocycles. The first-order valence-electron chi connectivity index (χ1n) is 12.1. The van der Waals surface area contributed by atoms with Crippen LogP contribution in [0.15, 0.2) is 60.7 Å². The lowest BCUT2D eigenvalue weighted by Crippen LogP contribution is -2.36. The molecule has 1 aliphatic rings. The molecule has 184 valence electrons. The number of aliphatic carboxylic acids is 1. The van der Waals surface area contributed by atoms with Gasteiger partial charge in [0.15, 0.2) is 6.10 Å². The minimum Gasteiger partial charge on any atom is -0.479 e. The maximum atomic E-state index is 12.3. The Morgan fingerprint density at radius 2 is 1.71 bits per heavy atom. The summed E-state index contributed by atoms with van der Waals surface area (Å²) in [6, 6.07) is 20.2.